The summed E-state index contributed by atoms with van der Waals surface area (Å²) < 4.78 is 7.39. The Labute approximate surface area is 106 Å². The molecular weight excluding hydrogens is 226 g/mol. The molecule has 4 heteroatoms. The van der Waals surface area contributed by atoms with Crippen molar-refractivity contribution in [1.82, 2.24) is 9.55 Å². The smallest absolute Gasteiger partial charge is 0.106 e. The number of nitrogens with zero attached hydrogens (tertiary/aromatic N) is 3. The first-order valence-corrected chi connectivity index (χ1v) is 6.04. The number of hydrogen-bond donors (Lipinski definition) is 0. The van der Waals surface area contributed by atoms with Crippen LogP contribution in [0.4, 0.5) is 0 Å². The third-order valence-corrected chi connectivity index (χ3v) is 3.89. The molecule has 92 valence electrons. The molecule has 0 N–H and O–H groups in total. The van der Waals surface area contributed by atoms with Gasteiger partial charge in [0, 0.05) is 13.5 Å². The van der Waals surface area contributed by atoms with Gasteiger partial charge in [-0.25, -0.2) is 4.98 Å². The van der Waals surface area contributed by atoms with Crippen LogP contribution in [-0.2, 0) is 17.2 Å². The third-order valence-electron chi connectivity index (χ3n) is 3.89. The Morgan fingerprint density at radius 3 is 2.89 bits per heavy atom. The average molecular weight is 241 g/mol. The Morgan fingerprint density at radius 2 is 2.28 bits per heavy atom. The molecule has 2 heterocycles. The summed E-state index contributed by atoms with van der Waals surface area (Å²) in [5.74, 6) is 1.00. The fraction of sp³-hybridized carbons (Fsp3) is 0.429. The molecule has 0 unspecified atom stereocenters. The summed E-state index contributed by atoms with van der Waals surface area (Å²) in [6.07, 6.45) is 0.504. The lowest BCUT2D eigenvalue weighted by Crippen LogP contribution is -2.46. The van der Waals surface area contributed by atoms with Crippen molar-refractivity contribution in [2.45, 2.75) is 18.8 Å². The second-order valence-electron chi connectivity index (χ2n) is 5.03. The zero-order valence-electron chi connectivity index (χ0n) is 10.6. The van der Waals surface area contributed by atoms with Crippen molar-refractivity contribution in [3.05, 3.63) is 29.6 Å². The van der Waals surface area contributed by atoms with Crippen LogP contribution < -0.4 is 0 Å². The molecule has 1 aromatic carbocycles. The van der Waals surface area contributed by atoms with Crippen molar-refractivity contribution >= 4 is 11.0 Å². The zero-order valence-corrected chi connectivity index (χ0v) is 10.6. The maximum atomic E-state index is 8.96. The summed E-state index contributed by atoms with van der Waals surface area (Å²) in [5, 5.41) is 8.96. The van der Waals surface area contributed by atoms with E-state index in [1.54, 1.807) is 0 Å². The molecule has 0 atom stereocenters. The number of fused-ring (bicyclic) bond motifs is 1. The SMILES string of the molecule is Cc1nc2cc(C3(CC#N)COC3)ccc2n1C. The molecule has 2 aromatic rings. The van der Waals surface area contributed by atoms with Gasteiger partial charge in [0.15, 0.2) is 0 Å². The molecule has 1 aromatic heterocycles. The van der Waals surface area contributed by atoms with Crippen LogP contribution in [0.15, 0.2) is 18.2 Å². The highest BCUT2D eigenvalue weighted by Gasteiger charge is 2.40. The number of benzene rings is 1. The number of imidazole rings is 1. The van der Waals surface area contributed by atoms with E-state index in [1.807, 2.05) is 14.0 Å². The monoisotopic (exact) mass is 241 g/mol. The minimum Gasteiger partial charge on any atom is -0.379 e. The van der Waals surface area contributed by atoms with Gasteiger partial charge in [-0.1, -0.05) is 6.07 Å². The van der Waals surface area contributed by atoms with Gasteiger partial charge in [0.2, 0.25) is 0 Å². The van der Waals surface area contributed by atoms with E-state index < -0.39 is 0 Å². The quantitative estimate of drug-likeness (QED) is 0.808. The minimum atomic E-state index is -0.117. The van der Waals surface area contributed by atoms with E-state index in [4.69, 9.17) is 10.00 Å². The first-order chi connectivity index (χ1) is 8.66. The number of rotatable bonds is 2. The molecule has 0 bridgehead atoms. The molecule has 1 fully saturated rings. The molecule has 0 spiro atoms. The zero-order chi connectivity index (χ0) is 12.8. The van der Waals surface area contributed by atoms with Gasteiger partial charge >= 0.3 is 0 Å². The van der Waals surface area contributed by atoms with E-state index >= 15 is 0 Å². The average Bonchev–Trinajstić information content (AvgIpc) is 2.59. The molecule has 18 heavy (non-hydrogen) atoms. The van der Waals surface area contributed by atoms with Crippen molar-refractivity contribution in [3.63, 3.8) is 0 Å². The van der Waals surface area contributed by atoms with Gasteiger partial charge in [0.25, 0.3) is 0 Å². The number of ether oxygens (including phenoxy) is 1. The van der Waals surface area contributed by atoms with Crippen LogP contribution in [0.3, 0.4) is 0 Å². The third kappa shape index (κ3) is 1.44. The van der Waals surface area contributed by atoms with E-state index in [-0.39, 0.29) is 5.41 Å². The van der Waals surface area contributed by atoms with E-state index in [9.17, 15) is 0 Å². The highest BCUT2D eigenvalue weighted by molar-refractivity contribution is 5.77. The lowest BCUT2D eigenvalue weighted by Gasteiger charge is -2.40. The van der Waals surface area contributed by atoms with Crippen molar-refractivity contribution in [2.75, 3.05) is 13.2 Å². The molecule has 0 saturated carbocycles. The lowest BCUT2D eigenvalue weighted by atomic mass is 9.76. The van der Waals surface area contributed by atoms with Crippen LogP contribution in [0.5, 0.6) is 0 Å². The number of hydrogen-bond acceptors (Lipinski definition) is 3. The highest BCUT2D eigenvalue weighted by Crippen LogP contribution is 2.36. The molecule has 3 rings (SSSR count). The Morgan fingerprint density at radius 1 is 1.50 bits per heavy atom. The maximum Gasteiger partial charge on any atom is 0.106 e. The second-order valence-corrected chi connectivity index (χ2v) is 5.03. The minimum absolute atomic E-state index is 0.117. The highest BCUT2D eigenvalue weighted by atomic mass is 16.5. The predicted molar refractivity (Wildman–Crippen MR) is 68.2 cm³/mol. The van der Waals surface area contributed by atoms with Gasteiger partial charge in [-0.15, -0.1) is 0 Å². The van der Waals surface area contributed by atoms with Gasteiger partial charge in [-0.3, -0.25) is 0 Å². The van der Waals surface area contributed by atoms with Crippen LogP contribution >= 0.6 is 0 Å². The lowest BCUT2D eigenvalue weighted by molar-refractivity contribution is -0.0576. The summed E-state index contributed by atoms with van der Waals surface area (Å²) in [4.78, 5) is 4.54. The molecule has 1 aliphatic heterocycles. The van der Waals surface area contributed by atoms with Crippen molar-refractivity contribution in [1.29, 1.82) is 5.26 Å². The van der Waals surface area contributed by atoms with E-state index in [2.05, 4.69) is 33.8 Å². The number of aryl methyl sites for hydroxylation is 2. The topological polar surface area (TPSA) is 50.8 Å². The van der Waals surface area contributed by atoms with Gasteiger partial charge in [-0.2, -0.15) is 5.26 Å². The summed E-state index contributed by atoms with van der Waals surface area (Å²) in [6, 6.07) is 8.55. The molecule has 1 saturated heterocycles. The Bertz CT molecular complexity index is 647. The van der Waals surface area contributed by atoms with E-state index in [0.29, 0.717) is 19.6 Å². The molecular formula is C14H15N3O. The fourth-order valence-electron chi connectivity index (χ4n) is 2.52. The van der Waals surface area contributed by atoms with Gasteiger partial charge in [0.1, 0.15) is 5.82 Å². The van der Waals surface area contributed by atoms with Crippen LogP contribution in [0, 0.1) is 18.3 Å². The van der Waals surface area contributed by atoms with Gasteiger partial charge < -0.3 is 9.30 Å². The Hall–Kier alpha value is -1.86. The van der Waals surface area contributed by atoms with Gasteiger partial charge in [0.05, 0.1) is 35.7 Å². The molecule has 0 amide bonds. The van der Waals surface area contributed by atoms with E-state index in [0.717, 1.165) is 16.9 Å². The Balaban J connectivity index is 2.11. The summed E-state index contributed by atoms with van der Waals surface area (Å²) in [6.45, 7) is 3.27. The predicted octanol–water partition coefficient (Wildman–Crippen LogP) is 2.06. The van der Waals surface area contributed by atoms with Crippen LogP contribution in [-0.4, -0.2) is 22.8 Å². The molecule has 4 nitrogen and oxygen atoms in total. The maximum absolute atomic E-state index is 8.96. The van der Waals surface area contributed by atoms with Crippen molar-refractivity contribution < 1.29 is 4.74 Å². The van der Waals surface area contributed by atoms with Crippen LogP contribution in [0.25, 0.3) is 11.0 Å². The second kappa shape index (κ2) is 3.82. The number of aromatic nitrogens is 2. The summed E-state index contributed by atoms with van der Waals surface area (Å²) >= 11 is 0. The summed E-state index contributed by atoms with van der Waals surface area (Å²) in [5.41, 5.74) is 3.18. The normalized spacial score (nSPS) is 17.4. The number of nitriles is 1. The van der Waals surface area contributed by atoms with Crippen molar-refractivity contribution in [2.24, 2.45) is 7.05 Å². The largest absolute Gasteiger partial charge is 0.379 e. The fourth-order valence-corrected chi connectivity index (χ4v) is 2.52. The van der Waals surface area contributed by atoms with E-state index in [1.165, 1.54) is 5.56 Å². The van der Waals surface area contributed by atoms with Crippen molar-refractivity contribution in [3.8, 4) is 6.07 Å². The molecule has 0 aliphatic carbocycles. The van der Waals surface area contributed by atoms with Crippen LogP contribution in [0.1, 0.15) is 17.8 Å². The molecule has 1 aliphatic rings. The Kier molecular flexibility index (Phi) is 2.39. The first-order valence-electron chi connectivity index (χ1n) is 6.04. The standard InChI is InChI=1S/C14H15N3O/c1-10-16-12-7-11(3-4-13(12)17(10)2)14(5-6-15)8-18-9-14/h3-4,7H,5,8-9H2,1-2H3. The summed E-state index contributed by atoms with van der Waals surface area (Å²) in [7, 11) is 2.02. The molecule has 0 radical (unpaired) electrons. The van der Waals surface area contributed by atoms with Crippen LogP contribution in [0.2, 0.25) is 0 Å². The van der Waals surface area contributed by atoms with Gasteiger partial charge in [-0.05, 0) is 24.6 Å². The first kappa shape index (κ1) is 11.2.